The number of fused-ring (bicyclic) bond motifs is 3. The van der Waals surface area contributed by atoms with E-state index in [0.717, 1.165) is 35.7 Å². The molecule has 2 aliphatic heterocycles. The summed E-state index contributed by atoms with van der Waals surface area (Å²) in [5.74, 6) is -0.723. The zero-order valence-electron chi connectivity index (χ0n) is 20.2. The van der Waals surface area contributed by atoms with Crippen molar-refractivity contribution < 1.29 is 13.2 Å². The molecule has 0 radical (unpaired) electrons. The van der Waals surface area contributed by atoms with Gasteiger partial charge in [0, 0.05) is 49.0 Å². The van der Waals surface area contributed by atoms with Gasteiger partial charge in [-0.05, 0) is 50.5 Å². The minimum absolute atomic E-state index is 0.155. The second-order valence-electron chi connectivity index (χ2n) is 10.5. The minimum atomic E-state index is -2.63. The van der Waals surface area contributed by atoms with E-state index in [9.17, 15) is 13.2 Å². The average molecular weight is 518 g/mol. The van der Waals surface area contributed by atoms with Crippen LogP contribution < -0.4 is 4.90 Å². The lowest BCUT2D eigenvalue weighted by molar-refractivity contribution is -0.173. The van der Waals surface area contributed by atoms with Crippen LogP contribution in [0.3, 0.4) is 0 Å². The molecule has 0 N–H and O–H groups in total. The Bertz CT molecular complexity index is 1310. The van der Waals surface area contributed by atoms with Crippen LogP contribution in [-0.2, 0) is 13.1 Å². The second kappa shape index (κ2) is 8.41. The molecule has 2 aromatic heterocycles. The van der Waals surface area contributed by atoms with Gasteiger partial charge in [-0.15, -0.1) is 10.2 Å². The molecule has 7 nitrogen and oxygen atoms in total. The van der Waals surface area contributed by atoms with Crippen LogP contribution >= 0.6 is 11.6 Å². The van der Waals surface area contributed by atoms with Crippen LogP contribution in [0.4, 0.5) is 19.1 Å². The molecular weight excluding hydrogens is 491 g/mol. The molecule has 0 bridgehead atoms. The van der Waals surface area contributed by atoms with E-state index in [2.05, 4.69) is 34.5 Å². The molecule has 1 saturated carbocycles. The molecule has 2 fully saturated rings. The Morgan fingerprint density at radius 1 is 1.08 bits per heavy atom. The Morgan fingerprint density at radius 2 is 1.83 bits per heavy atom. The first kappa shape index (κ1) is 23.7. The van der Waals surface area contributed by atoms with Crippen molar-refractivity contribution in [3.63, 3.8) is 0 Å². The predicted octanol–water partition coefficient (Wildman–Crippen LogP) is 5.05. The fourth-order valence-electron chi connectivity index (χ4n) is 5.89. The fraction of sp³-hybridized carbons (Fsp3) is 0.520. The van der Waals surface area contributed by atoms with Crippen LogP contribution in [0.15, 0.2) is 24.4 Å². The molecule has 6 rings (SSSR count). The molecule has 1 saturated heterocycles. The van der Waals surface area contributed by atoms with Gasteiger partial charge in [-0.25, -0.2) is 23.1 Å². The number of piperidine rings is 1. The van der Waals surface area contributed by atoms with Gasteiger partial charge in [0.05, 0.1) is 24.1 Å². The molecule has 1 aliphatic carbocycles. The van der Waals surface area contributed by atoms with Crippen LogP contribution in [0, 0.1) is 12.7 Å². The highest BCUT2D eigenvalue weighted by molar-refractivity contribution is 6.30. The number of rotatable bonds is 3. The summed E-state index contributed by atoms with van der Waals surface area (Å²) in [5.41, 5.74) is 1.66. The molecule has 1 aromatic carbocycles. The lowest BCUT2D eigenvalue weighted by Crippen LogP contribution is -2.59. The van der Waals surface area contributed by atoms with Gasteiger partial charge in [0.15, 0.2) is 11.6 Å². The molecule has 3 aromatic rings. The van der Waals surface area contributed by atoms with E-state index in [1.807, 2.05) is 25.1 Å². The van der Waals surface area contributed by atoms with Crippen LogP contribution in [0.2, 0.25) is 5.02 Å². The third kappa shape index (κ3) is 4.04. The normalized spacial score (nSPS) is 21.4. The van der Waals surface area contributed by atoms with E-state index in [1.165, 1.54) is 6.20 Å². The third-order valence-electron chi connectivity index (χ3n) is 7.82. The Kier molecular flexibility index (Phi) is 5.53. The van der Waals surface area contributed by atoms with E-state index >= 15 is 0 Å². The summed E-state index contributed by atoms with van der Waals surface area (Å²) in [5, 5.41) is 9.75. The first-order chi connectivity index (χ1) is 17.1. The number of aryl methyl sites for hydroxylation is 1. The van der Waals surface area contributed by atoms with E-state index in [-0.39, 0.29) is 18.8 Å². The van der Waals surface area contributed by atoms with Crippen LogP contribution in [-0.4, -0.2) is 54.2 Å². The Hall–Kier alpha value is -2.72. The SMILES string of the molecule is Cc1nc(N2CCC(c3nnc4n3-c3ccc(Cl)cc3CN(C3(C)CC(F)(F)C3)C4)CC2)ncc1F. The number of anilines is 1. The molecule has 0 unspecified atom stereocenters. The highest BCUT2D eigenvalue weighted by Gasteiger charge is 2.57. The van der Waals surface area contributed by atoms with E-state index in [1.54, 1.807) is 6.92 Å². The summed E-state index contributed by atoms with van der Waals surface area (Å²) >= 11 is 6.35. The van der Waals surface area contributed by atoms with Crippen molar-refractivity contribution in [1.82, 2.24) is 29.6 Å². The van der Waals surface area contributed by atoms with E-state index < -0.39 is 17.3 Å². The highest BCUT2D eigenvalue weighted by atomic mass is 35.5. The van der Waals surface area contributed by atoms with Gasteiger partial charge in [0.1, 0.15) is 5.82 Å². The lowest BCUT2D eigenvalue weighted by Gasteiger charge is -2.51. The van der Waals surface area contributed by atoms with Crippen molar-refractivity contribution in [1.29, 1.82) is 0 Å². The lowest BCUT2D eigenvalue weighted by atomic mass is 9.73. The molecule has 0 atom stereocenters. The van der Waals surface area contributed by atoms with Crippen molar-refractivity contribution in [3.05, 3.63) is 58.1 Å². The van der Waals surface area contributed by atoms with Crippen molar-refractivity contribution in [2.24, 2.45) is 0 Å². The van der Waals surface area contributed by atoms with Gasteiger partial charge in [-0.1, -0.05) is 11.6 Å². The number of alkyl halides is 2. The summed E-state index contributed by atoms with van der Waals surface area (Å²) in [7, 11) is 0. The van der Waals surface area contributed by atoms with Crippen LogP contribution in [0.5, 0.6) is 0 Å². The minimum Gasteiger partial charge on any atom is -0.341 e. The third-order valence-corrected chi connectivity index (χ3v) is 8.06. The van der Waals surface area contributed by atoms with E-state index in [4.69, 9.17) is 11.6 Å². The molecule has 0 amide bonds. The van der Waals surface area contributed by atoms with Crippen LogP contribution in [0.1, 0.15) is 61.4 Å². The molecule has 11 heteroatoms. The largest absolute Gasteiger partial charge is 0.341 e. The van der Waals surface area contributed by atoms with Gasteiger partial charge in [0.2, 0.25) is 5.95 Å². The molecule has 190 valence electrons. The number of hydrogen-bond donors (Lipinski definition) is 0. The fourth-order valence-corrected chi connectivity index (χ4v) is 6.08. The van der Waals surface area contributed by atoms with Crippen LogP contribution in [0.25, 0.3) is 5.69 Å². The maximum atomic E-state index is 13.9. The highest BCUT2D eigenvalue weighted by Crippen LogP contribution is 2.50. The predicted molar refractivity (Wildman–Crippen MR) is 129 cm³/mol. The van der Waals surface area contributed by atoms with Gasteiger partial charge in [-0.2, -0.15) is 0 Å². The quantitative estimate of drug-likeness (QED) is 0.485. The van der Waals surface area contributed by atoms with Gasteiger partial charge < -0.3 is 4.90 Å². The zero-order chi connectivity index (χ0) is 25.2. The van der Waals surface area contributed by atoms with Crippen molar-refractivity contribution in [2.45, 2.75) is 70.0 Å². The molecule has 3 aliphatic rings. The first-order valence-corrected chi connectivity index (χ1v) is 12.6. The molecule has 36 heavy (non-hydrogen) atoms. The summed E-state index contributed by atoms with van der Waals surface area (Å²) in [6.07, 6.45) is 2.51. The second-order valence-corrected chi connectivity index (χ2v) is 10.9. The molecular formula is C25H27ClF3N7. The van der Waals surface area contributed by atoms with Crippen molar-refractivity contribution >= 4 is 17.5 Å². The van der Waals surface area contributed by atoms with Gasteiger partial charge in [0.25, 0.3) is 5.92 Å². The number of hydrogen-bond acceptors (Lipinski definition) is 6. The van der Waals surface area contributed by atoms with Crippen molar-refractivity contribution in [2.75, 3.05) is 18.0 Å². The summed E-state index contributed by atoms with van der Waals surface area (Å²) < 4.78 is 43.5. The topological polar surface area (TPSA) is 63.0 Å². The van der Waals surface area contributed by atoms with Crippen molar-refractivity contribution in [3.8, 4) is 5.69 Å². The summed E-state index contributed by atoms with van der Waals surface area (Å²) in [6.45, 7) is 5.92. The Balaban J connectivity index is 1.29. The Morgan fingerprint density at radius 3 is 2.53 bits per heavy atom. The smallest absolute Gasteiger partial charge is 0.251 e. The first-order valence-electron chi connectivity index (χ1n) is 12.2. The number of halogens is 4. The van der Waals surface area contributed by atoms with Gasteiger partial charge in [-0.3, -0.25) is 9.47 Å². The number of aromatic nitrogens is 5. The summed E-state index contributed by atoms with van der Waals surface area (Å²) in [4.78, 5) is 12.6. The molecule has 0 spiro atoms. The number of nitrogens with zero attached hydrogens (tertiary/aromatic N) is 7. The van der Waals surface area contributed by atoms with Gasteiger partial charge >= 0.3 is 0 Å². The summed E-state index contributed by atoms with van der Waals surface area (Å²) in [6, 6.07) is 5.74. The standard InChI is InChI=1S/C25H27ClF3N7/c1-15-19(27)10-30-23(31-15)34-7-5-16(6-8-34)22-33-32-21-12-35(24(2)13-25(28,29)14-24)11-17-9-18(26)3-4-20(17)36(21)22/h3-4,9-10,16H,5-8,11-14H2,1-2H3. The van der Waals surface area contributed by atoms with E-state index in [0.29, 0.717) is 42.8 Å². The maximum Gasteiger partial charge on any atom is 0.251 e. The maximum absolute atomic E-state index is 13.9. The Labute approximate surface area is 212 Å². The zero-order valence-corrected chi connectivity index (χ0v) is 20.9. The average Bonchev–Trinajstić information content (AvgIpc) is 3.15. The molecule has 4 heterocycles. The monoisotopic (exact) mass is 517 g/mol. The number of benzene rings is 1.